The van der Waals surface area contributed by atoms with E-state index in [-0.39, 0.29) is 5.91 Å². The largest absolute Gasteiger partial charge is 0.381 e. The zero-order valence-corrected chi connectivity index (χ0v) is 12.8. The fraction of sp³-hybridized carbons (Fsp3) is 0.444. The van der Waals surface area contributed by atoms with Crippen molar-refractivity contribution in [3.8, 4) is 0 Å². The van der Waals surface area contributed by atoms with Crippen LogP contribution >= 0.6 is 0 Å². The second-order valence-corrected chi connectivity index (χ2v) is 5.85. The summed E-state index contributed by atoms with van der Waals surface area (Å²) in [5.74, 6) is 0.747. The molecule has 2 heterocycles. The number of aromatic nitrogens is 1. The van der Waals surface area contributed by atoms with E-state index in [1.807, 2.05) is 24.3 Å². The van der Waals surface area contributed by atoms with E-state index in [1.54, 1.807) is 6.20 Å². The van der Waals surface area contributed by atoms with Crippen molar-refractivity contribution >= 4 is 16.7 Å². The topological polar surface area (TPSA) is 51.2 Å². The van der Waals surface area contributed by atoms with E-state index in [9.17, 15) is 4.79 Å². The van der Waals surface area contributed by atoms with Gasteiger partial charge in [0.15, 0.2) is 0 Å². The Balaban J connectivity index is 1.51. The second-order valence-electron chi connectivity index (χ2n) is 5.85. The molecule has 0 spiro atoms. The third-order valence-electron chi connectivity index (χ3n) is 4.33. The molecular weight excluding hydrogens is 276 g/mol. The van der Waals surface area contributed by atoms with Crippen LogP contribution in [0.1, 0.15) is 31.4 Å². The van der Waals surface area contributed by atoms with Crippen LogP contribution < -0.4 is 5.32 Å². The molecule has 0 unspecified atom stereocenters. The van der Waals surface area contributed by atoms with Crippen LogP contribution in [-0.4, -0.2) is 24.1 Å². The lowest BCUT2D eigenvalue weighted by molar-refractivity contribution is -0.121. The number of fused-ring (bicyclic) bond motifs is 1. The lowest BCUT2D eigenvalue weighted by atomic mass is 9.95. The second kappa shape index (κ2) is 7.36. The van der Waals surface area contributed by atoms with Crippen molar-refractivity contribution in [1.82, 2.24) is 10.3 Å². The molecule has 1 aromatic carbocycles. The van der Waals surface area contributed by atoms with E-state index in [0.29, 0.717) is 18.9 Å². The van der Waals surface area contributed by atoms with E-state index >= 15 is 0 Å². The normalized spacial score (nSPS) is 15.8. The molecule has 1 fully saturated rings. The summed E-state index contributed by atoms with van der Waals surface area (Å²) >= 11 is 0. The molecule has 0 aliphatic carbocycles. The molecule has 1 N–H and O–H groups in total. The molecule has 22 heavy (non-hydrogen) atoms. The summed E-state index contributed by atoms with van der Waals surface area (Å²) in [6.45, 7) is 2.17. The summed E-state index contributed by atoms with van der Waals surface area (Å²) in [6, 6.07) is 10.1. The Labute approximate surface area is 130 Å². The van der Waals surface area contributed by atoms with Gasteiger partial charge in [0.1, 0.15) is 0 Å². The van der Waals surface area contributed by atoms with E-state index in [1.165, 1.54) is 0 Å². The maximum atomic E-state index is 12.0. The molecule has 3 rings (SSSR count). The molecule has 0 bridgehead atoms. The number of ether oxygens (including phenoxy) is 1. The molecule has 4 nitrogen and oxygen atoms in total. The highest BCUT2D eigenvalue weighted by atomic mass is 16.5. The molecular formula is C18H22N2O2. The van der Waals surface area contributed by atoms with Crippen LogP contribution in [0.2, 0.25) is 0 Å². The molecule has 0 radical (unpaired) electrons. The molecule has 1 saturated heterocycles. The minimum Gasteiger partial charge on any atom is -0.381 e. The van der Waals surface area contributed by atoms with Crippen LogP contribution in [0.5, 0.6) is 0 Å². The highest BCUT2D eigenvalue weighted by molar-refractivity contribution is 5.84. The van der Waals surface area contributed by atoms with E-state index in [2.05, 4.69) is 16.4 Å². The monoisotopic (exact) mass is 298 g/mol. The van der Waals surface area contributed by atoms with Crippen molar-refractivity contribution < 1.29 is 9.53 Å². The lowest BCUT2D eigenvalue weighted by Crippen LogP contribution is -2.25. The van der Waals surface area contributed by atoms with Crippen LogP contribution in [0.25, 0.3) is 10.8 Å². The van der Waals surface area contributed by atoms with Gasteiger partial charge in [-0.2, -0.15) is 0 Å². The van der Waals surface area contributed by atoms with Gasteiger partial charge in [-0.05, 0) is 36.6 Å². The molecule has 1 aliphatic heterocycles. The Hall–Kier alpha value is -1.94. The van der Waals surface area contributed by atoms with Gasteiger partial charge in [0.2, 0.25) is 5.91 Å². The number of nitrogens with zero attached hydrogens (tertiary/aromatic N) is 1. The number of pyridine rings is 1. The average molecular weight is 298 g/mol. The highest BCUT2D eigenvalue weighted by Crippen LogP contribution is 2.20. The number of carbonyl (C=O) groups excluding carboxylic acids is 1. The fourth-order valence-corrected chi connectivity index (χ4v) is 2.96. The Morgan fingerprint density at radius 2 is 2.05 bits per heavy atom. The predicted octanol–water partition coefficient (Wildman–Crippen LogP) is 3.06. The standard InChI is InChI=1S/C18H22N2O2/c21-18(6-5-14-8-11-22-12-9-14)20-13-17-16-4-2-1-3-15(16)7-10-19-17/h1-4,7,10,14H,5-6,8-9,11-13H2,(H,20,21). The summed E-state index contributed by atoms with van der Waals surface area (Å²) in [5.41, 5.74) is 0.928. The maximum Gasteiger partial charge on any atom is 0.220 e. The Bertz CT molecular complexity index is 631. The quantitative estimate of drug-likeness (QED) is 0.923. The Kier molecular flexibility index (Phi) is 5.01. The smallest absolute Gasteiger partial charge is 0.220 e. The van der Waals surface area contributed by atoms with Gasteiger partial charge in [-0.25, -0.2) is 0 Å². The van der Waals surface area contributed by atoms with Gasteiger partial charge in [-0.3, -0.25) is 9.78 Å². The zero-order valence-electron chi connectivity index (χ0n) is 12.8. The van der Waals surface area contributed by atoms with Crippen molar-refractivity contribution in [2.75, 3.05) is 13.2 Å². The lowest BCUT2D eigenvalue weighted by Gasteiger charge is -2.21. The number of hydrogen-bond acceptors (Lipinski definition) is 3. The van der Waals surface area contributed by atoms with Crippen molar-refractivity contribution in [3.05, 3.63) is 42.2 Å². The Morgan fingerprint density at radius 3 is 2.91 bits per heavy atom. The van der Waals surface area contributed by atoms with Crippen molar-refractivity contribution in [2.24, 2.45) is 5.92 Å². The fourth-order valence-electron chi connectivity index (χ4n) is 2.96. The van der Waals surface area contributed by atoms with E-state index in [0.717, 1.165) is 48.9 Å². The van der Waals surface area contributed by atoms with E-state index in [4.69, 9.17) is 4.74 Å². The number of hydrogen-bond donors (Lipinski definition) is 1. The van der Waals surface area contributed by atoms with Gasteiger partial charge in [-0.1, -0.05) is 24.3 Å². The van der Waals surface area contributed by atoms with Gasteiger partial charge in [0, 0.05) is 31.2 Å². The van der Waals surface area contributed by atoms with Gasteiger partial charge in [0.05, 0.1) is 12.2 Å². The molecule has 1 aliphatic rings. The highest BCUT2D eigenvalue weighted by Gasteiger charge is 2.15. The van der Waals surface area contributed by atoms with Crippen molar-refractivity contribution in [3.63, 3.8) is 0 Å². The Morgan fingerprint density at radius 1 is 1.23 bits per heavy atom. The van der Waals surface area contributed by atoms with Crippen LogP contribution in [0, 0.1) is 5.92 Å². The zero-order chi connectivity index (χ0) is 15.2. The summed E-state index contributed by atoms with van der Waals surface area (Å²) < 4.78 is 5.34. The van der Waals surface area contributed by atoms with Gasteiger partial charge >= 0.3 is 0 Å². The SMILES string of the molecule is O=C(CCC1CCOCC1)NCc1nccc2ccccc12. The van der Waals surface area contributed by atoms with Crippen LogP contribution in [-0.2, 0) is 16.1 Å². The summed E-state index contributed by atoms with van der Waals surface area (Å²) in [4.78, 5) is 16.4. The van der Waals surface area contributed by atoms with Crippen molar-refractivity contribution in [1.29, 1.82) is 0 Å². The summed E-state index contributed by atoms with van der Waals surface area (Å²) in [5, 5.41) is 5.26. The number of carbonyl (C=O) groups is 1. The first-order valence-corrected chi connectivity index (χ1v) is 8.00. The van der Waals surface area contributed by atoms with E-state index < -0.39 is 0 Å². The minimum absolute atomic E-state index is 0.112. The summed E-state index contributed by atoms with van der Waals surface area (Å²) in [7, 11) is 0. The molecule has 1 amide bonds. The van der Waals surface area contributed by atoms with Crippen LogP contribution in [0.3, 0.4) is 0 Å². The minimum atomic E-state index is 0.112. The third-order valence-corrected chi connectivity index (χ3v) is 4.33. The first-order chi connectivity index (χ1) is 10.8. The molecule has 1 aromatic heterocycles. The first kappa shape index (κ1) is 15.0. The van der Waals surface area contributed by atoms with Gasteiger partial charge in [0.25, 0.3) is 0 Å². The first-order valence-electron chi connectivity index (χ1n) is 8.00. The number of amides is 1. The van der Waals surface area contributed by atoms with Crippen LogP contribution in [0.4, 0.5) is 0 Å². The maximum absolute atomic E-state index is 12.0. The predicted molar refractivity (Wildman–Crippen MR) is 86.4 cm³/mol. The molecule has 4 heteroatoms. The number of rotatable bonds is 5. The number of benzene rings is 1. The third kappa shape index (κ3) is 3.83. The molecule has 116 valence electrons. The van der Waals surface area contributed by atoms with Crippen molar-refractivity contribution in [2.45, 2.75) is 32.2 Å². The van der Waals surface area contributed by atoms with Gasteiger partial charge < -0.3 is 10.1 Å². The molecule has 0 saturated carbocycles. The number of nitrogens with one attached hydrogen (secondary N) is 1. The average Bonchev–Trinajstić information content (AvgIpc) is 2.59. The molecule has 2 aromatic rings. The summed E-state index contributed by atoms with van der Waals surface area (Å²) in [6.07, 6.45) is 5.51. The van der Waals surface area contributed by atoms with Gasteiger partial charge in [-0.15, -0.1) is 0 Å². The molecule has 0 atom stereocenters. The van der Waals surface area contributed by atoms with Crippen LogP contribution in [0.15, 0.2) is 36.5 Å².